The monoisotopic (exact) mass is 445 g/mol. The van der Waals surface area contributed by atoms with Gasteiger partial charge in [0, 0.05) is 11.4 Å². The molecule has 0 saturated heterocycles. The van der Waals surface area contributed by atoms with Crippen LogP contribution in [0.2, 0.25) is 5.02 Å². The van der Waals surface area contributed by atoms with Crippen LogP contribution in [0.25, 0.3) is 0 Å². The number of oxime groups is 1. The first-order valence-electron chi connectivity index (χ1n) is 9.32. The van der Waals surface area contributed by atoms with Crippen LogP contribution in [0.15, 0.2) is 82.8 Å². The molecule has 0 aliphatic rings. The van der Waals surface area contributed by atoms with Gasteiger partial charge in [-0.3, -0.25) is 0 Å². The summed E-state index contributed by atoms with van der Waals surface area (Å²) in [5.41, 5.74) is 2.79. The molecule has 0 saturated carbocycles. The maximum absolute atomic E-state index is 13.3. The highest BCUT2D eigenvalue weighted by atomic mass is 35.5. The molecular formula is C23H21ClFNO3S. The van der Waals surface area contributed by atoms with Crippen molar-refractivity contribution in [2.75, 3.05) is 5.75 Å². The Hall–Kier alpha value is -2.70. The molecule has 0 fully saturated rings. The van der Waals surface area contributed by atoms with Crippen LogP contribution in [-0.2, 0) is 21.3 Å². The number of benzene rings is 3. The smallest absolute Gasteiger partial charge is 0.178 e. The highest BCUT2D eigenvalue weighted by Gasteiger charge is 2.17. The largest absolute Gasteiger partial charge is 0.391 e. The Balaban J connectivity index is 1.77. The second-order valence-corrected chi connectivity index (χ2v) is 9.38. The zero-order valence-corrected chi connectivity index (χ0v) is 18.0. The van der Waals surface area contributed by atoms with Crippen LogP contribution in [-0.4, -0.2) is 19.9 Å². The van der Waals surface area contributed by atoms with Crippen molar-refractivity contribution in [1.29, 1.82) is 0 Å². The van der Waals surface area contributed by atoms with Crippen molar-refractivity contribution < 1.29 is 17.6 Å². The van der Waals surface area contributed by atoms with Crippen LogP contribution < -0.4 is 0 Å². The summed E-state index contributed by atoms with van der Waals surface area (Å²) in [6.07, 6.45) is 0.154. The minimum absolute atomic E-state index is 0.0690. The highest BCUT2D eigenvalue weighted by Crippen LogP contribution is 2.17. The first-order valence-corrected chi connectivity index (χ1v) is 11.4. The van der Waals surface area contributed by atoms with Crippen molar-refractivity contribution in [2.24, 2.45) is 5.16 Å². The third kappa shape index (κ3) is 6.15. The molecular weight excluding hydrogens is 425 g/mol. The number of rotatable bonds is 8. The Morgan fingerprint density at radius 2 is 1.73 bits per heavy atom. The van der Waals surface area contributed by atoms with Crippen LogP contribution in [0.3, 0.4) is 0 Å². The number of halogens is 2. The van der Waals surface area contributed by atoms with Crippen LogP contribution in [0.4, 0.5) is 4.39 Å². The van der Waals surface area contributed by atoms with Gasteiger partial charge in [-0.15, -0.1) is 0 Å². The molecule has 7 heteroatoms. The maximum Gasteiger partial charge on any atom is 0.178 e. The van der Waals surface area contributed by atoms with Gasteiger partial charge in [0.25, 0.3) is 0 Å². The van der Waals surface area contributed by atoms with E-state index in [1.165, 1.54) is 12.1 Å². The minimum atomic E-state index is -3.48. The minimum Gasteiger partial charge on any atom is -0.391 e. The van der Waals surface area contributed by atoms with E-state index in [1.54, 1.807) is 60.7 Å². The third-order valence-electron chi connectivity index (χ3n) is 4.46. The fraction of sp³-hybridized carbons (Fsp3) is 0.174. The summed E-state index contributed by atoms with van der Waals surface area (Å²) in [4.78, 5) is 5.67. The standard InChI is InChI=1S/C23H21ClFNO3S/c1-17-5-11-22(12-6-17)30(27,28)14-13-23(19-7-9-20(24)10-8-19)26-29-16-18-3-2-4-21(25)15-18/h2-12,15H,13-14,16H2,1H3/b26-23-. The fourth-order valence-corrected chi connectivity index (χ4v) is 4.17. The lowest BCUT2D eigenvalue weighted by molar-refractivity contribution is 0.130. The second kappa shape index (κ2) is 9.87. The normalized spacial score (nSPS) is 12.0. The lowest BCUT2D eigenvalue weighted by atomic mass is 10.1. The molecule has 0 atom stereocenters. The van der Waals surface area contributed by atoms with Gasteiger partial charge >= 0.3 is 0 Å². The molecule has 0 amide bonds. The molecule has 3 aromatic rings. The lowest BCUT2D eigenvalue weighted by Gasteiger charge is -2.09. The zero-order valence-electron chi connectivity index (χ0n) is 16.4. The average Bonchev–Trinajstić information content (AvgIpc) is 2.72. The van der Waals surface area contributed by atoms with Gasteiger partial charge in [-0.2, -0.15) is 0 Å². The Morgan fingerprint density at radius 3 is 2.40 bits per heavy atom. The van der Waals surface area contributed by atoms with Gasteiger partial charge in [0.2, 0.25) is 0 Å². The summed E-state index contributed by atoms with van der Waals surface area (Å²) in [7, 11) is -3.48. The molecule has 3 aromatic carbocycles. The SMILES string of the molecule is Cc1ccc(S(=O)(=O)CC/C(=N/OCc2cccc(F)c2)c2ccc(Cl)cc2)cc1. The highest BCUT2D eigenvalue weighted by molar-refractivity contribution is 7.91. The first-order chi connectivity index (χ1) is 14.3. The molecule has 0 radical (unpaired) electrons. The molecule has 4 nitrogen and oxygen atoms in total. The van der Waals surface area contributed by atoms with Crippen molar-refractivity contribution in [1.82, 2.24) is 0 Å². The Kier molecular flexibility index (Phi) is 7.24. The maximum atomic E-state index is 13.3. The molecule has 0 aliphatic carbocycles. The van der Waals surface area contributed by atoms with E-state index in [0.717, 1.165) is 5.56 Å². The number of hydrogen-bond acceptors (Lipinski definition) is 4. The Morgan fingerprint density at radius 1 is 1.03 bits per heavy atom. The summed E-state index contributed by atoms with van der Waals surface area (Å²) in [6.45, 7) is 1.97. The van der Waals surface area contributed by atoms with Crippen molar-refractivity contribution in [3.63, 3.8) is 0 Å². The predicted molar refractivity (Wildman–Crippen MR) is 117 cm³/mol. The van der Waals surface area contributed by atoms with Gasteiger partial charge in [-0.05, 0) is 54.4 Å². The molecule has 0 N–H and O–H groups in total. The molecule has 0 unspecified atom stereocenters. The van der Waals surface area contributed by atoms with E-state index in [9.17, 15) is 12.8 Å². The van der Waals surface area contributed by atoms with Crippen molar-refractivity contribution in [2.45, 2.75) is 24.8 Å². The lowest BCUT2D eigenvalue weighted by Crippen LogP contribution is -2.13. The third-order valence-corrected chi connectivity index (χ3v) is 6.44. The molecule has 3 rings (SSSR count). The molecule has 0 heterocycles. The van der Waals surface area contributed by atoms with Gasteiger partial charge < -0.3 is 4.84 Å². The first kappa shape index (κ1) is 22.0. The second-order valence-electron chi connectivity index (χ2n) is 6.83. The van der Waals surface area contributed by atoms with Crippen molar-refractivity contribution >= 4 is 27.1 Å². The van der Waals surface area contributed by atoms with E-state index in [2.05, 4.69) is 5.16 Å². The molecule has 0 aromatic heterocycles. The number of hydrogen-bond donors (Lipinski definition) is 0. The summed E-state index contributed by atoms with van der Waals surface area (Å²) < 4.78 is 38.7. The van der Waals surface area contributed by atoms with E-state index in [4.69, 9.17) is 16.4 Å². The summed E-state index contributed by atoms with van der Waals surface area (Å²) >= 11 is 5.96. The van der Waals surface area contributed by atoms with Crippen molar-refractivity contribution in [3.8, 4) is 0 Å². The topological polar surface area (TPSA) is 55.7 Å². The van der Waals surface area contributed by atoms with Crippen LogP contribution in [0, 0.1) is 12.7 Å². The predicted octanol–water partition coefficient (Wildman–Crippen LogP) is 5.57. The number of aryl methyl sites for hydroxylation is 1. The van der Waals surface area contributed by atoms with E-state index >= 15 is 0 Å². The zero-order chi connectivity index (χ0) is 21.6. The van der Waals surface area contributed by atoms with Gasteiger partial charge in [0.05, 0.1) is 16.4 Å². The molecule has 0 aliphatic heterocycles. The van der Waals surface area contributed by atoms with E-state index < -0.39 is 9.84 Å². The van der Waals surface area contributed by atoms with Gasteiger partial charge in [-0.25, -0.2) is 12.8 Å². The van der Waals surface area contributed by atoms with Crippen LogP contribution >= 0.6 is 11.6 Å². The molecule has 0 spiro atoms. The fourth-order valence-electron chi connectivity index (χ4n) is 2.79. The van der Waals surface area contributed by atoms with Gasteiger partial charge in [-0.1, -0.05) is 58.7 Å². The van der Waals surface area contributed by atoms with Crippen molar-refractivity contribution in [3.05, 3.63) is 100 Å². The van der Waals surface area contributed by atoms with E-state index in [1.807, 2.05) is 6.92 Å². The number of nitrogens with zero attached hydrogens (tertiary/aromatic N) is 1. The number of sulfone groups is 1. The van der Waals surface area contributed by atoms with Gasteiger partial charge in [0.1, 0.15) is 12.4 Å². The Labute approximate surface area is 180 Å². The Bertz CT molecular complexity index is 1130. The van der Waals surface area contributed by atoms with Gasteiger partial charge in [0.15, 0.2) is 9.84 Å². The summed E-state index contributed by atoms with van der Waals surface area (Å²) in [5, 5.41) is 4.71. The summed E-state index contributed by atoms with van der Waals surface area (Å²) in [5.74, 6) is -0.483. The van der Waals surface area contributed by atoms with Crippen LogP contribution in [0.5, 0.6) is 0 Å². The molecule has 30 heavy (non-hydrogen) atoms. The molecule has 0 bridgehead atoms. The molecule has 156 valence electrons. The quantitative estimate of drug-likeness (QED) is 0.336. The average molecular weight is 446 g/mol. The van der Waals surface area contributed by atoms with E-state index in [-0.39, 0.29) is 29.5 Å². The van der Waals surface area contributed by atoms with Crippen LogP contribution in [0.1, 0.15) is 23.1 Å². The van der Waals surface area contributed by atoms with E-state index in [0.29, 0.717) is 21.9 Å². The summed E-state index contributed by atoms with van der Waals surface area (Å²) in [6, 6.07) is 19.7.